The molecule has 0 spiro atoms. The van der Waals surface area contributed by atoms with Crippen molar-refractivity contribution in [2.75, 3.05) is 54.9 Å². The number of hydrogen-bond donors (Lipinski definition) is 0. The monoisotopic (exact) mass is 884 g/mol. The van der Waals surface area contributed by atoms with Crippen molar-refractivity contribution in [1.82, 2.24) is 0 Å². The zero-order valence-electron chi connectivity index (χ0n) is 36.9. The van der Waals surface area contributed by atoms with E-state index in [0.29, 0.717) is 53.3 Å². The topological polar surface area (TPSA) is 179 Å². The van der Waals surface area contributed by atoms with Gasteiger partial charge in [0.15, 0.2) is 58.2 Å². The second-order valence-corrected chi connectivity index (χ2v) is 14.9. The molecule has 2 heterocycles. The number of rotatable bonds is 19. The van der Waals surface area contributed by atoms with Crippen LogP contribution >= 0.6 is 0 Å². The second kappa shape index (κ2) is 21.5. The van der Waals surface area contributed by atoms with E-state index in [-0.39, 0.29) is 48.8 Å². The van der Waals surface area contributed by atoms with Gasteiger partial charge < -0.3 is 56.8 Å². The third kappa shape index (κ3) is 11.4. The maximum absolute atomic E-state index is 12.3. The Morgan fingerprint density at radius 2 is 1.05 bits per heavy atom. The molecule has 4 aromatic carbocycles. The van der Waals surface area contributed by atoms with Gasteiger partial charge >= 0.3 is 23.9 Å². The Hall–Kier alpha value is -6.78. The molecule has 0 aromatic heterocycles. The number of fused-ring (bicyclic) bond motifs is 1. The number of methoxy groups -OCH3 is 4. The lowest BCUT2D eigenvalue weighted by Crippen LogP contribution is -2.35. The van der Waals surface area contributed by atoms with Gasteiger partial charge in [-0.1, -0.05) is 30.3 Å². The smallest absolute Gasteiger partial charge is 0.308 e. The molecular formula is C48H52O16. The molecule has 2 fully saturated rings. The maximum Gasteiger partial charge on any atom is 0.308 e. The molecule has 0 amide bonds. The minimum Gasteiger partial charge on any atom is -0.493 e. The first-order valence-corrected chi connectivity index (χ1v) is 20.4. The molecule has 340 valence electrons. The van der Waals surface area contributed by atoms with Gasteiger partial charge in [0, 0.05) is 45.1 Å². The van der Waals surface area contributed by atoms with Gasteiger partial charge in [-0.3, -0.25) is 19.2 Å². The minimum absolute atomic E-state index is 0.00353. The third-order valence-electron chi connectivity index (χ3n) is 10.5. The Morgan fingerprint density at radius 3 is 1.59 bits per heavy atom. The van der Waals surface area contributed by atoms with Crippen molar-refractivity contribution >= 4 is 30.0 Å². The zero-order valence-corrected chi connectivity index (χ0v) is 36.9. The van der Waals surface area contributed by atoms with E-state index in [0.717, 1.165) is 16.7 Å². The third-order valence-corrected chi connectivity index (χ3v) is 10.5. The van der Waals surface area contributed by atoms with Crippen LogP contribution in [0.5, 0.6) is 46.0 Å². The lowest BCUT2D eigenvalue weighted by Gasteiger charge is -2.30. The normalized spacial score (nSPS) is 18.6. The van der Waals surface area contributed by atoms with Crippen molar-refractivity contribution in [2.24, 2.45) is 11.8 Å². The molecule has 16 heteroatoms. The molecule has 4 aromatic rings. The highest BCUT2D eigenvalue weighted by molar-refractivity contribution is 5.71. The molecule has 6 atom stereocenters. The maximum atomic E-state index is 12.3. The summed E-state index contributed by atoms with van der Waals surface area (Å²) in [6, 6.07) is 21.0. The highest BCUT2D eigenvalue weighted by atomic mass is 16.6. The van der Waals surface area contributed by atoms with Crippen molar-refractivity contribution in [1.29, 1.82) is 0 Å². The van der Waals surface area contributed by atoms with E-state index in [1.54, 1.807) is 60.7 Å². The fourth-order valence-electron chi connectivity index (χ4n) is 7.67. The summed E-state index contributed by atoms with van der Waals surface area (Å²) >= 11 is 0. The molecule has 0 aliphatic carbocycles. The van der Waals surface area contributed by atoms with Crippen LogP contribution < -0.4 is 37.9 Å². The molecule has 0 N–H and O–H groups in total. The number of esters is 4. The molecule has 0 saturated carbocycles. The van der Waals surface area contributed by atoms with Gasteiger partial charge in [0.05, 0.1) is 53.9 Å². The van der Waals surface area contributed by atoms with Crippen LogP contribution in [0, 0.1) is 11.8 Å². The van der Waals surface area contributed by atoms with Crippen molar-refractivity contribution in [3.05, 3.63) is 101 Å². The number of ether oxygens (including phenoxy) is 12. The summed E-state index contributed by atoms with van der Waals surface area (Å²) in [6.07, 6.45) is 0.803. The molecule has 2 aliphatic heterocycles. The van der Waals surface area contributed by atoms with Gasteiger partial charge in [-0.15, -0.1) is 0 Å². The van der Waals surface area contributed by atoms with Gasteiger partial charge in [-0.2, -0.15) is 0 Å². The van der Waals surface area contributed by atoms with Gasteiger partial charge in [0.2, 0.25) is 0 Å². The first-order valence-electron chi connectivity index (χ1n) is 20.4. The Morgan fingerprint density at radius 1 is 0.562 bits per heavy atom. The molecule has 0 bridgehead atoms. The quantitative estimate of drug-likeness (QED) is 0.0673. The largest absolute Gasteiger partial charge is 0.493 e. The van der Waals surface area contributed by atoms with Gasteiger partial charge in [-0.25, -0.2) is 0 Å². The molecule has 0 radical (unpaired) electrons. The van der Waals surface area contributed by atoms with Crippen LogP contribution in [0.15, 0.2) is 78.9 Å². The van der Waals surface area contributed by atoms with Crippen molar-refractivity contribution in [3.8, 4) is 46.0 Å². The summed E-state index contributed by atoms with van der Waals surface area (Å²) in [6.45, 7) is 5.94. The summed E-state index contributed by atoms with van der Waals surface area (Å²) < 4.78 is 70.3. The molecule has 2 saturated heterocycles. The van der Waals surface area contributed by atoms with E-state index < -0.39 is 36.1 Å². The van der Waals surface area contributed by atoms with E-state index in [1.807, 2.05) is 24.3 Å². The standard InChI is InChI=1S/C48H52O16/c1-27(49)57-19-9-10-31-11-15-39(41(20-31)53-5)63-45(26-58-28(2)50)48(34-14-17-38(62-30(4)52)43(23-34)55-7)64-40-18-13-33(22-44(40)56-8)47-36-25-59-46(35(36)24-60-47)32-12-16-37(61-29(3)51)42(21-32)54-6/h9-18,20-23,35-36,45-48H,19,24-26H2,1-8H3/b10-9+/t35-,36-,45+,46+,47+,48-/m1/s1. The summed E-state index contributed by atoms with van der Waals surface area (Å²) in [4.78, 5) is 47.1. The van der Waals surface area contributed by atoms with Crippen LogP contribution in [-0.4, -0.2) is 84.8 Å². The predicted octanol–water partition coefficient (Wildman–Crippen LogP) is 7.35. The number of carbonyl (C=O) groups is 4. The Kier molecular flexibility index (Phi) is 15.7. The lowest BCUT2D eigenvalue weighted by molar-refractivity contribution is -0.145. The SMILES string of the molecule is COc1cc([C@@H](Oc2ccc([C@@H]3OC[C@@H]4[C@H]3CO[C@H]4c3ccc(OC(C)=O)c(OC)c3)cc2OC)[C@H](COC(C)=O)Oc2ccc(/C=C/COC(C)=O)cc2OC)ccc1OC(C)=O. The fourth-order valence-corrected chi connectivity index (χ4v) is 7.67. The molecule has 6 rings (SSSR count). The zero-order chi connectivity index (χ0) is 45.9. The van der Waals surface area contributed by atoms with E-state index in [2.05, 4.69) is 0 Å². The summed E-state index contributed by atoms with van der Waals surface area (Å²) in [7, 11) is 5.97. The average molecular weight is 885 g/mol. The second-order valence-electron chi connectivity index (χ2n) is 14.9. The van der Waals surface area contributed by atoms with E-state index >= 15 is 0 Å². The van der Waals surface area contributed by atoms with Gasteiger partial charge in [0.1, 0.15) is 13.2 Å². The van der Waals surface area contributed by atoms with Crippen LogP contribution in [0.2, 0.25) is 0 Å². The molecular weight excluding hydrogens is 833 g/mol. The summed E-state index contributed by atoms with van der Waals surface area (Å²) in [5.41, 5.74) is 2.96. The van der Waals surface area contributed by atoms with Crippen molar-refractivity contribution in [3.63, 3.8) is 0 Å². The molecule has 0 unspecified atom stereocenters. The molecule has 2 aliphatic rings. The van der Waals surface area contributed by atoms with Crippen LogP contribution in [0.3, 0.4) is 0 Å². The highest BCUT2D eigenvalue weighted by Crippen LogP contribution is 2.52. The van der Waals surface area contributed by atoms with Crippen molar-refractivity contribution < 1.29 is 76.0 Å². The average Bonchev–Trinajstić information content (AvgIpc) is 3.89. The van der Waals surface area contributed by atoms with E-state index in [9.17, 15) is 19.2 Å². The van der Waals surface area contributed by atoms with Crippen LogP contribution in [-0.2, 0) is 38.1 Å². The van der Waals surface area contributed by atoms with E-state index in [1.165, 1.54) is 56.1 Å². The highest BCUT2D eigenvalue weighted by Gasteiger charge is 2.48. The van der Waals surface area contributed by atoms with Crippen LogP contribution in [0.1, 0.15) is 68.3 Å². The first-order chi connectivity index (χ1) is 30.8. The predicted molar refractivity (Wildman–Crippen MR) is 229 cm³/mol. The first kappa shape index (κ1) is 46.7. The molecule has 64 heavy (non-hydrogen) atoms. The summed E-state index contributed by atoms with van der Waals surface area (Å²) in [5, 5.41) is 0. The minimum atomic E-state index is -1.02. The van der Waals surface area contributed by atoms with Gasteiger partial charge in [0.25, 0.3) is 0 Å². The Bertz CT molecular complexity index is 2340. The fraction of sp³-hybridized carbons (Fsp3) is 0.375. The Balaban J connectivity index is 1.32. The Labute approximate surface area is 371 Å². The number of hydrogen-bond acceptors (Lipinski definition) is 16. The number of carbonyl (C=O) groups excluding carboxylic acids is 4. The van der Waals surface area contributed by atoms with E-state index in [4.69, 9.17) is 56.8 Å². The number of benzene rings is 4. The molecule has 16 nitrogen and oxygen atoms in total. The summed E-state index contributed by atoms with van der Waals surface area (Å²) in [5.74, 6) is 0.627. The lowest BCUT2D eigenvalue weighted by atomic mass is 9.85. The van der Waals surface area contributed by atoms with Crippen molar-refractivity contribution in [2.45, 2.75) is 52.1 Å². The van der Waals surface area contributed by atoms with Gasteiger partial charge in [-0.05, 0) is 71.3 Å². The van der Waals surface area contributed by atoms with Crippen LogP contribution in [0.4, 0.5) is 0 Å². The van der Waals surface area contributed by atoms with Crippen LogP contribution in [0.25, 0.3) is 6.08 Å².